The van der Waals surface area contributed by atoms with Gasteiger partial charge in [0, 0.05) is 19.1 Å². The highest BCUT2D eigenvalue weighted by molar-refractivity contribution is 5.72. The Morgan fingerprint density at radius 3 is 2.55 bits per heavy atom. The van der Waals surface area contributed by atoms with Crippen molar-refractivity contribution in [2.45, 2.75) is 76.8 Å². The molecular formula is C16H29N3O. The second kappa shape index (κ2) is 7.67. The van der Waals surface area contributed by atoms with Crippen LogP contribution in [0.25, 0.3) is 0 Å². The van der Waals surface area contributed by atoms with Crippen molar-refractivity contribution in [2.75, 3.05) is 7.05 Å². The van der Waals surface area contributed by atoms with Crippen LogP contribution < -0.4 is 10.7 Å². The van der Waals surface area contributed by atoms with E-state index in [1.807, 2.05) is 0 Å². The molecule has 2 aliphatic carbocycles. The van der Waals surface area contributed by atoms with Crippen LogP contribution in [0.15, 0.2) is 11.6 Å². The number of urea groups is 1. The number of hydrazine groups is 1. The van der Waals surface area contributed by atoms with E-state index in [0.29, 0.717) is 12.1 Å². The predicted molar refractivity (Wildman–Crippen MR) is 82.3 cm³/mol. The Morgan fingerprint density at radius 1 is 1.15 bits per heavy atom. The first-order valence-corrected chi connectivity index (χ1v) is 8.13. The van der Waals surface area contributed by atoms with Crippen molar-refractivity contribution in [1.82, 2.24) is 15.8 Å². The van der Waals surface area contributed by atoms with E-state index in [1.54, 1.807) is 7.05 Å². The fourth-order valence-corrected chi connectivity index (χ4v) is 3.51. The van der Waals surface area contributed by atoms with Gasteiger partial charge in [0.05, 0.1) is 0 Å². The number of nitrogens with zero attached hydrogens (tertiary/aromatic N) is 1. The maximum atomic E-state index is 11.8. The fourth-order valence-electron chi connectivity index (χ4n) is 3.51. The van der Waals surface area contributed by atoms with Gasteiger partial charge in [-0.2, -0.15) is 0 Å². The summed E-state index contributed by atoms with van der Waals surface area (Å²) in [5, 5.41) is 4.97. The molecule has 2 amide bonds. The maximum absolute atomic E-state index is 11.8. The first-order chi connectivity index (χ1) is 9.70. The van der Waals surface area contributed by atoms with Crippen LogP contribution in [0.1, 0.15) is 64.7 Å². The third kappa shape index (κ3) is 4.23. The third-order valence-electron chi connectivity index (χ3n) is 4.61. The molecule has 1 saturated carbocycles. The van der Waals surface area contributed by atoms with Crippen LogP contribution in [0.2, 0.25) is 0 Å². The minimum atomic E-state index is -0.0820. The molecule has 0 radical (unpaired) electrons. The molecule has 0 aromatic heterocycles. The molecule has 1 fully saturated rings. The number of rotatable bonds is 3. The number of nitrogens with one attached hydrogen (secondary N) is 2. The standard InChI is InChI=1S/C16H29N3O/c1-13-8-6-7-11-15(12-13)19(18-16(20)17-2)14-9-4-3-5-10-14/h8,14-15H,3-7,9-12H2,1-2H3,(H2,17,18,20). The first-order valence-electron chi connectivity index (χ1n) is 8.13. The number of hydrogen-bond acceptors (Lipinski definition) is 2. The van der Waals surface area contributed by atoms with Crippen LogP contribution in [0.4, 0.5) is 4.79 Å². The first kappa shape index (κ1) is 15.4. The monoisotopic (exact) mass is 279 g/mol. The zero-order valence-corrected chi connectivity index (χ0v) is 13.0. The highest BCUT2D eigenvalue weighted by Gasteiger charge is 2.29. The van der Waals surface area contributed by atoms with Crippen LogP contribution in [-0.2, 0) is 0 Å². The van der Waals surface area contributed by atoms with Gasteiger partial charge in [-0.3, -0.25) is 5.43 Å². The van der Waals surface area contributed by atoms with E-state index < -0.39 is 0 Å². The molecule has 1 atom stereocenters. The van der Waals surface area contributed by atoms with E-state index in [9.17, 15) is 4.79 Å². The quantitative estimate of drug-likeness (QED) is 0.614. The van der Waals surface area contributed by atoms with E-state index >= 15 is 0 Å². The number of allylic oxidation sites excluding steroid dienone is 1. The van der Waals surface area contributed by atoms with Gasteiger partial charge in [-0.05, 0) is 45.4 Å². The van der Waals surface area contributed by atoms with Gasteiger partial charge in [0.1, 0.15) is 0 Å². The van der Waals surface area contributed by atoms with Crippen molar-refractivity contribution < 1.29 is 4.79 Å². The summed E-state index contributed by atoms with van der Waals surface area (Å²) in [6, 6.07) is 0.882. The molecule has 1 unspecified atom stereocenters. The van der Waals surface area contributed by atoms with Crippen molar-refractivity contribution in [3.63, 3.8) is 0 Å². The molecule has 114 valence electrons. The topological polar surface area (TPSA) is 44.4 Å². The molecule has 20 heavy (non-hydrogen) atoms. The third-order valence-corrected chi connectivity index (χ3v) is 4.61. The summed E-state index contributed by atoms with van der Waals surface area (Å²) >= 11 is 0. The summed E-state index contributed by atoms with van der Waals surface area (Å²) in [4.78, 5) is 11.8. The molecular weight excluding hydrogens is 250 g/mol. The molecule has 2 aliphatic rings. The van der Waals surface area contributed by atoms with Gasteiger partial charge in [-0.25, -0.2) is 9.80 Å². The van der Waals surface area contributed by atoms with Gasteiger partial charge in [0.15, 0.2) is 0 Å². The smallest absolute Gasteiger partial charge is 0.329 e. The zero-order valence-electron chi connectivity index (χ0n) is 13.0. The minimum absolute atomic E-state index is 0.0820. The van der Waals surface area contributed by atoms with Crippen LogP contribution in [0.5, 0.6) is 0 Å². The lowest BCUT2D eigenvalue weighted by Crippen LogP contribution is -2.56. The highest BCUT2D eigenvalue weighted by atomic mass is 16.2. The maximum Gasteiger partial charge on any atom is 0.329 e. The molecule has 0 heterocycles. The van der Waals surface area contributed by atoms with E-state index in [-0.39, 0.29) is 6.03 Å². The van der Waals surface area contributed by atoms with Crippen molar-refractivity contribution >= 4 is 6.03 Å². The van der Waals surface area contributed by atoms with E-state index in [0.717, 1.165) is 6.42 Å². The molecule has 2 N–H and O–H groups in total. The van der Waals surface area contributed by atoms with Crippen LogP contribution >= 0.6 is 0 Å². The number of hydrogen-bond donors (Lipinski definition) is 2. The molecule has 0 bridgehead atoms. The SMILES string of the molecule is CNC(=O)NN(C1CCCCC1)C1CCCC=C(C)C1. The molecule has 4 nitrogen and oxygen atoms in total. The Kier molecular flexibility index (Phi) is 5.89. The van der Waals surface area contributed by atoms with Crippen molar-refractivity contribution in [3.8, 4) is 0 Å². The number of amides is 2. The lowest BCUT2D eigenvalue weighted by Gasteiger charge is -2.39. The van der Waals surface area contributed by atoms with E-state index in [4.69, 9.17) is 0 Å². The molecule has 0 aromatic carbocycles. The van der Waals surface area contributed by atoms with Gasteiger partial charge < -0.3 is 5.32 Å². The Bertz CT molecular complexity index is 348. The van der Waals surface area contributed by atoms with Crippen LogP contribution in [-0.4, -0.2) is 30.2 Å². The summed E-state index contributed by atoms with van der Waals surface area (Å²) in [6.07, 6.45) is 13.4. The Labute approximate surface area is 123 Å². The normalized spacial score (nSPS) is 24.9. The largest absolute Gasteiger partial charge is 0.340 e. The molecule has 2 rings (SSSR count). The second-order valence-corrected chi connectivity index (χ2v) is 6.23. The highest BCUT2D eigenvalue weighted by Crippen LogP contribution is 2.28. The van der Waals surface area contributed by atoms with Crippen molar-refractivity contribution in [2.24, 2.45) is 0 Å². The minimum Gasteiger partial charge on any atom is -0.340 e. The lowest BCUT2D eigenvalue weighted by atomic mass is 9.93. The van der Waals surface area contributed by atoms with Crippen LogP contribution in [0, 0.1) is 0 Å². The van der Waals surface area contributed by atoms with Gasteiger partial charge in [0.25, 0.3) is 0 Å². The number of carbonyl (C=O) groups excluding carboxylic acids is 1. The van der Waals surface area contributed by atoms with E-state index in [1.165, 1.54) is 56.9 Å². The molecule has 0 spiro atoms. The summed E-state index contributed by atoms with van der Waals surface area (Å²) in [6.45, 7) is 2.22. The van der Waals surface area contributed by atoms with E-state index in [2.05, 4.69) is 28.8 Å². The lowest BCUT2D eigenvalue weighted by molar-refractivity contribution is 0.0556. The van der Waals surface area contributed by atoms with Gasteiger partial charge in [-0.15, -0.1) is 0 Å². The molecule has 0 aliphatic heterocycles. The van der Waals surface area contributed by atoms with Gasteiger partial charge in [0.2, 0.25) is 0 Å². The average Bonchev–Trinajstić information content (AvgIpc) is 2.70. The van der Waals surface area contributed by atoms with Gasteiger partial charge in [-0.1, -0.05) is 30.9 Å². The Hall–Kier alpha value is -1.03. The Morgan fingerprint density at radius 2 is 1.85 bits per heavy atom. The molecule has 4 heteroatoms. The predicted octanol–water partition coefficient (Wildman–Crippen LogP) is 3.35. The van der Waals surface area contributed by atoms with Crippen molar-refractivity contribution in [3.05, 3.63) is 11.6 Å². The van der Waals surface area contributed by atoms with Crippen LogP contribution in [0.3, 0.4) is 0 Å². The van der Waals surface area contributed by atoms with Gasteiger partial charge >= 0.3 is 6.03 Å². The fraction of sp³-hybridized carbons (Fsp3) is 0.812. The van der Waals surface area contributed by atoms with Crippen molar-refractivity contribution in [1.29, 1.82) is 0 Å². The summed E-state index contributed by atoms with van der Waals surface area (Å²) < 4.78 is 0. The summed E-state index contributed by atoms with van der Waals surface area (Å²) in [7, 11) is 1.69. The Balaban J connectivity index is 2.07. The number of carbonyl (C=O) groups is 1. The second-order valence-electron chi connectivity index (χ2n) is 6.23. The zero-order chi connectivity index (χ0) is 14.4. The summed E-state index contributed by atoms with van der Waals surface area (Å²) in [5.74, 6) is 0. The summed E-state index contributed by atoms with van der Waals surface area (Å²) in [5.41, 5.74) is 4.58. The molecule has 0 saturated heterocycles. The molecule has 0 aromatic rings. The average molecular weight is 279 g/mol.